The summed E-state index contributed by atoms with van der Waals surface area (Å²) in [6, 6.07) is 8.84. The third kappa shape index (κ3) is 12.4. The molecule has 0 spiro atoms. The van der Waals surface area contributed by atoms with Crippen molar-refractivity contribution in [3.05, 3.63) is 35.9 Å². The lowest BCUT2D eigenvalue weighted by atomic mass is 9.74. The zero-order chi connectivity index (χ0) is 43.3. The maximum Gasteiger partial charge on any atom is 0.229 e. The minimum Gasteiger partial charge on any atom is -0.379 e. The minimum absolute atomic E-state index is 0.00696. The molecule has 328 valence electrons. The number of carbonyl (C=O) groups is 5. The molecule has 11 heteroatoms. The van der Waals surface area contributed by atoms with E-state index in [0.29, 0.717) is 32.5 Å². The lowest BCUT2D eigenvalue weighted by Crippen LogP contribution is -2.54. The van der Waals surface area contributed by atoms with Crippen molar-refractivity contribution < 1.29 is 33.4 Å². The highest BCUT2D eigenvalue weighted by atomic mass is 16.5. The maximum atomic E-state index is 14.4. The summed E-state index contributed by atoms with van der Waals surface area (Å²) in [5.74, 6) is -1.27. The second-order valence-electron chi connectivity index (χ2n) is 18.3. The van der Waals surface area contributed by atoms with Crippen molar-refractivity contribution in [1.82, 2.24) is 20.0 Å². The first-order valence-electron chi connectivity index (χ1n) is 22.1. The van der Waals surface area contributed by atoms with Crippen LogP contribution in [0.4, 0.5) is 0 Å². The Morgan fingerprint density at radius 1 is 0.862 bits per heavy atom. The number of hydrogen-bond acceptors (Lipinski definition) is 8. The van der Waals surface area contributed by atoms with Gasteiger partial charge in [-0.1, -0.05) is 92.1 Å². The molecule has 3 amide bonds. The van der Waals surface area contributed by atoms with Gasteiger partial charge in [-0.3, -0.25) is 24.0 Å². The molecule has 1 N–H and O–H groups in total. The van der Waals surface area contributed by atoms with Gasteiger partial charge in [0.1, 0.15) is 5.78 Å². The van der Waals surface area contributed by atoms with Crippen molar-refractivity contribution in [2.45, 2.75) is 150 Å². The van der Waals surface area contributed by atoms with Gasteiger partial charge in [-0.05, 0) is 68.9 Å². The monoisotopic (exact) mass is 811 g/mol. The molecule has 11 nitrogen and oxygen atoms in total. The predicted molar refractivity (Wildman–Crippen MR) is 230 cm³/mol. The molecule has 1 aromatic carbocycles. The third-order valence-electron chi connectivity index (χ3n) is 13.4. The van der Waals surface area contributed by atoms with Crippen molar-refractivity contribution in [1.29, 1.82) is 0 Å². The Balaban J connectivity index is 1.82. The summed E-state index contributed by atoms with van der Waals surface area (Å²) < 4.78 is 12.2. The molecule has 0 saturated carbocycles. The SMILES string of the molecule is CC[C@H](C)[C@@H]([C@@H](CC(=O)N1CCC[C@H]1[C@H](OC)[C@@H](C)C(=O)C[C@@](C)(Cc1ccccc1)C(=O)N1CCCCC1)OC)N(C)C(=O)[C@@H](CC(=O)[C@@H](NC)C(C)C)C(C)C. The summed E-state index contributed by atoms with van der Waals surface area (Å²) >= 11 is 0. The molecule has 0 bridgehead atoms. The smallest absolute Gasteiger partial charge is 0.229 e. The van der Waals surface area contributed by atoms with Crippen LogP contribution >= 0.6 is 0 Å². The highest BCUT2D eigenvalue weighted by molar-refractivity contribution is 5.91. The normalized spacial score (nSPS) is 20.8. The number of ketones is 2. The Morgan fingerprint density at radius 2 is 1.50 bits per heavy atom. The molecule has 2 heterocycles. The summed E-state index contributed by atoms with van der Waals surface area (Å²) in [5.41, 5.74) is 0.0996. The molecule has 1 aromatic rings. The van der Waals surface area contributed by atoms with Gasteiger partial charge >= 0.3 is 0 Å². The number of piperidine rings is 1. The van der Waals surface area contributed by atoms with E-state index in [-0.39, 0.29) is 78.4 Å². The average Bonchev–Trinajstić information content (AvgIpc) is 3.69. The number of carbonyl (C=O) groups excluding carboxylic acids is 5. The van der Waals surface area contributed by atoms with Gasteiger partial charge < -0.3 is 29.5 Å². The third-order valence-corrected chi connectivity index (χ3v) is 13.4. The molecule has 2 aliphatic rings. The Bertz CT molecular complexity index is 1480. The summed E-state index contributed by atoms with van der Waals surface area (Å²) in [5, 5.41) is 3.12. The van der Waals surface area contributed by atoms with E-state index >= 15 is 0 Å². The van der Waals surface area contributed by atoms with Crippen LogP contribution in [-0.4, -0.2) is 122 Å². The lowest BCUT2D eigenvalue weighted by molar-refractivity contribution is -0.150. The van der Waals surface area contributed by atoms with Gasteiger partial charge in [0.15, 0.2) is 5.78 Å². The van der Waals surface area contributed by atoms with E-state index in [2.05, 4.69) is 19.2 Å². The molecule has 0 radical (unpaired) electrons. The van der Waals surface area contributed by atoms with Crippen molar-refractivity contribution in [2.24, 2.45) is 35.0 Å². The highest BCUT2D eigenvalue weighted by Gasteiger charge is 2.45. The van der Waals surface area contributed by atoms with Crippen molar-refractivity contribution >= 4 is 29.3 Å². The fraction of sp³-hybridized carbons (Fsp3) is 0.766. The molecule has 2 aliphatic heterocycles. The molecule has 0 aliphatic carbocycles. The summed E-state index contributed by atoms with van der Waals surface area (Å²) in [6.45, 7) is 17.9. The van der Waals surface area contributed by atoms with E-state index < -0.39 is 35.5 Å². The Kier molecular flexibility index (Phi) is 19.5. The number of benzene rings is 1. The standard InChI is InChI=1S/C47H78N4O7/c1-13-33(6)43(49(10)45(55)36(31(2)3)27-38(52)42(48-9)32(4)5)40(57-11)28-41(54)51-26-20-23-37(51)44(58-12)34(7)39(53)30-47(8,29-35-21-16-14-17-22-35)46(56)50-24-18-15-19-25-50/h14,16-17,21-22,31-34,36-37,40,42-44,48H,13,15,18-20,23-30H2,1-12H3/t33-,34-,36-,37-,40+,42-,43-,44+,47+/m0/s1. The highest BCUT2D eigenvalue weighted by Crippen LogP contribution is 2.36. The van der Waals surface area contributed by atoms with Crippen LogP contribution in [0.15, 0.2) is 30.3 Å². The number of methoxy groups -OCH3 is 2. The molecule has 3 rings (SSSR count). The quantitative estimate of drug-likeness (QED) is 0.131. The summed E-state index contributed by atoms with van der Waals surface area (Å²) in [4.78, 5) is 76.1. The van der Waals surface area contributed by atoms with Crippen molar-refractivity contribution in [2.75, 3.05) is 47.9 Å². The Labute approximate surface area is 350 Å². The summed E-state index contributed by atoms with van der Waals surface area (Å²) in [7, 11) is 6.75. The lowest BCUT2D eigenvalue weighted by Gasteiger charge is -2.41. The first-order chi connectivity index (χ1) is 27.5. The van der Waals surface area contributed by atoms with Crippen LogP contribution in [0.5, 0.6) is 0 Å². The topological polar surface area (TPSA) is 126 Å². The predicted octanol–water partition coefficient (Wildman–Crippen LogP) is 6.60. The van der Waals surface area contributed by atoms with Crippen molar-refractivity contribution in [3.8, 4) is 0 Å². The number of hydrogen-bond donors (Lipinski definition) is 1. The summed E-state index contributed by atoms with van der Waals surface area (Å²) in [6.07, 6.45) is 4.85. The molecule has 58 heavy (non-hydrogen) atoms. The van der Waals surface area contributed by atoms with Gasteiger partial charge in [-0.25, -0.2) is 0 Å². The zero-order valence-corrected chi connectivity index (χ0v) is 38.1. The van der Waals surface area contributed by atoms with Crippen LogP contribution in [0.3, 0.4) is 0 Å². The number of rotatable bonds is 23. The molecule has 0 unspecified atom stereocenters. The van der Waals surface area contributed by atoms with Crippen LogP contribution in [-0.2, 0) is 39.9 Å². The number of likely N-dealkylation sites (tertiary alicyclic amines) is 2. The van der Waals surface area contributed by atoms with Gasteiger partial charge in [-0.2, -0.15) is 0 Å². The maximum absolute atomic E-state index is 14.4. The van der Waals surface area contributed by atoms with E-state index in [1.165, 1.54) is 0 Å². The number of Topliss-reactive ketones (excluding diaryl/α,β-unsaturated/α-hetero) is 2. The number of ether oxygens (including phenoxy) is 2. The Hall–Kier alpha value is -3.15. The number of nitrogens with zero attached hydrogens (tertiary/aromatic N) is 3. The van der Waals surface area contributed by atoms with Gasteiger partial charge in [0.05, 0.1) is 42.2 Å². The van der Waals surface area contributed by atoms with Gasteiger partial charge in [-0.15, -0.1) is 0 Å². The molecular weight excluding hydrogens is 733 g/mol. The van der Waals surface area contributed by atoms with E-state index in [1.807, 2.05) is 81.7 Å². The largest absolute Gasteiger partial charge is 0.379 e. The Morgan fingerprint density at radius 3 is 2.03 bits per heavy atom. The molecule has 2 saturated heterocycles. The van der Waals surface area contributed by atoms with Gasteiger partial charge in [0.2, 0.25) is 17.7 Å². The van der Waals surface area contributed by atoms with Crippen LogP contribution in [0.2, 0.25) is 0 Å². The van der Waals surface area contributed by atoms with Crippen LogP contribution in [0.1, 0.15) is 119 Å². The fourth-order valence-electron chi connectivity index (χ4n) is 9.70. The minimum atomic E-state index is -0.918. The first-order valence-corrected chi connectivity index (χ1v) is 22.1. The van der Waals surface area contributed by atoms with Gasteiger partial charge in [0, 0.05) is 65.6 Å². The first kappa shape index (κ1) is 49.2. The molecule has 9 atom stereocenters. The number of amides is 3. The molecular formula is C47H78N4O7. The zero-order valence-electron chi connectivity index (χ0n) is 38.1. The average molecular weight is 811 g/mol. The van der Waals surface area contributed by atoms with Gasteiger partial charge in [0.25, 0.3) is 0 Å². The number of nitrogens with one attached hydrogen (secondary N) is 1. The van der Waals surface area contributed by atoms with E-state index in [9.17, 15) is 24.0 Å². The number of likely N-dealkylation sites (N-methyl/N-ethyl adjacent to an activating group) is 2. The fourth-order valence-corrected chi connectivity index (χ4v) is 9.70. The van der Waals surface area contributed by atoms with Crippen LogP contribution in [0.25, 0.3) is 0 Å². The van der Waals surface area contributed by atoms with E-state index in [4.69, 9.17) is 9.47 Å². The van der Waals surface area contributed by atoms with Crippen LogP contribution in [0, 0.1) is 35.0 Å². The van der Waals surface area contributed by atoms with E-state index in [0.717, 1.165) is 37.7 Å². The van der Waals surface area contributed by atoms with E-state index in [1.54, 1.807) is 33.2 Å². The van der Waals surface area contributed by atoms with Crippen LogP contribution < -0.4 is 5.32 Å². The molecule has 0 aromatic heterocycles. The second kappa shape index (κ2) is 23.0. The molecule has 2 fully saturated rings. The second-order valence-corrected chi connectivity index (χ2v) is 18.3. The van der Waals surface area contributed by atoms with Crippen molar-refractivity contribution in [3.63, 3.8) is 0 Å².